The molecule has 0 aromatic carbocycles. The zero-order valence-corrected chi connectivity index (χ0v) is 10.5. The quantitative estimate of drug-likeness (QED) is 0.477. The molecule has 5 nitrogen and oxygen atoms in total. The molecule has 0 aromatic heterocycles. The van der Waals surface area contributed by atoms with Crippen LogP contribution in [0.4, 0.5) is 0 Å². The Labute approximate surface area is 97.6 Å². The Morgan fingerprint density at radius 1 is 1.44 bits per heavy atom. The SMILES string of the molecule is CCNCCCNC(C)(CCOC)C(=O)O. The molecular formula is C11H24N2O3. The van der Waals surface area contributed by atoms with Crippen molar-refractivity contribution in [3.63, 3.8) is 0 Å². The number of hydrogen-bond acceptors (Lipinski definition) is 4. The summed E-state index contributed by atoms with van der Waals surface area (Å²) in [7, 11) is 1.58. The summed E-state index contributed by atoms with van der Waals surface area (Å²) >= 11 is 0. The molecule has 5 heteroatoms. The van der Waals surface area contributed by atoms with Crippen molar-refractivity contribution in [1.82, 2.24) is 10.6 Å². The lowest BCUT2D eigenvalue weighted by Crippen LogP contribution is -2.50. The lowest BCUT2D eigenvalue weighted by molar-refractivity contribution is -0.145. The largest absolute Gasteiger partial charge is 0.480 e. The highest BCUT2D eigenvalue weighted by Gasteiger charge is 2.31. The van der Waals surface area contributed by atoms with Gasteiger partial charge in [0.2, 0.25) is 0 Å². The van der Waals surface area contributed by atoms with Crippen LogP contribution in [0, 0.1) is 0 Å². The molecule has 0 aliphatic carbocycles. The number of carbonyl (C=O) groups is 1. The highest BCUT2D eigenvalue weighted by molar-refractivity contribution is 5.78. The zero-order valence-electron chi connectivity index (χ0n) is 10.5. The lowest BCUT2D eigenvalue weighted by atomic mass is 9.98. The van der Waals surface area contributed by atoms with Gasteiger partial charge in [0, 0.05) is 13.7 Å². The second-order valence-corrected chi connectivity index (χ2v) is 4.01. The fourth-order valence-electron chi connectivity index (χ4n) is 1.33. The minimum absolute atomic E-state index is 0.447. The predicted molar refractivity (Wildman–Crippen MR) is 63.7 cm³/mol. The van der Waals surface area contributed by atoms with E-state index < -0.39 is 11.5 Å². The summed E-state index contributed by atoms with van der Waals surface area (Å²) in [5.74, 6) is -0.826. The zero-order chi connectivity index (χ0) is 12.4. The Morgan fingerprint density at radius 2 is 2.12 bits per heavy atom. The van der Waals surface area contributed by atoms with Crippen molar-refractivity contribution in [2.45, 2.75) is 32.2 Å². The van der Waals surface area contributed by atoms with Gasteiger partial charge in [-0.2, -0.15) is 0 Å². The average molecular weight is 232 g/mol. The molecule has 0 bridgehead atoms. The Bertz CT molecular complexity index is 200. The van der Waals surface area contributed by atoms with Crippen molar-refractivity contribution in [3.8, 4) is 0 Å². The van der Waals surface area contributed by atoms with Crippen LogP contribution in [-0.2, 0) is 9.53 Å². The van der Waals surface area contributed by atoms with E-state index in [1.807, 2.05) is 6.92 Å². The van der Waals surface area contributed by atoms with E-state index in [0.717, 1.165) is 19.5 Å². The van der Waals surface area contributed by atoms with E-state index in [2.05, 4.69) is 10.6 Å². The van der Waals surface area contributed by atoms with Gasteiger partial charge < -0.3 is 20.5 Å². The Hall–Kier alpha value is -0.650. The summed E-state index contributed by atoms with van der Waals surface area (Å²) < 4.78 is 4.92. The van der Waals surface area contributed by atoms with Gasteiger partial charge in [-0.1, -0.05) is 6.92 Å². The molecule has 1 unspecified atom stereocenters. The summed E-state index contributed by atoms with van der Waals surface area (Å²) in [6.45, 7) is 6.74. The van der Waals surface area contributed by atoms with Crippen molar-refractivity contribution >= 4 is 5.97 Å². The molecule has 0 heterocycles. The molecule has 0 saturated heterocycles. The Balaban J connectivity index is 3.88. The number of ether oxygens (including phenoxy) is 1. The smallest absolute Gasteiger partial charge is 0.323 e. The van der Waals surface area contributed by atoms with Crippen molar-refractivity contribution in [1.29, 1.82) is 0 Å². The maximum Gasteiger partial charge on any atom is 0.323 e. The van der Waals surface area contributed by atoms with E-state index in [0.29, 0.717) is 19.6 Å². The maximum atomic E-state index is 11.1. The van der Waals surface area contributed by atoms with Gasteiger partial charge in [0.15, 0.2) is 0 Å². The highest BCUT2D eigenvalue weighted by atomic mass is 16.5. The number of aliphatic carboxylic acids is 1. The first-order valence-corrected chi connectivity index (χ1v) is 5.75. The van der Waals surface area contributed by atoms with Crippen LogP contribution in [-0.4, -0.2) is 50.0 Å². The van der Waals surface area contributed by atoms with Crippen molar-refractivity contribution in [2.24, 2.45) is 0 Å². The van der Waals surface area contributed by atoms with Crippen LogP contribution in [0.5, 0.6) is 0 Å². The summed E-state index contributed by atoms with van der Waals surface area (Å²) in [4.78, 5) is 11.1. The van der Waals surface area contributed by atoms with E-state index in [9.17, 15) is 4.79 Å². The van der Waals surface area contributed by atoms with E-state index in [1.165, 1.54) is 0 Å². The molecule has 16 heavy (non-hydrogen) atoms. The van der Waals surface area contributed by atoms with Crippen LogP contribution in [0.15, 0.2) is 0 Å². The van der Waals surface area contributed by atoms with Gasteiger partial charge in [-0.3, -0.25) is 4.79 Å². The molecule has 0 spiro atoms. The third kappa shape index (κ3) is 6.05. The number of rotatable bonds is 10. The lowest BCUT2D eigenvalue weighted by Gasteiger charge is -2.26. The van der Waals surface area contributed by atoms with Gasteiger partial charge in [0.25, 0.3) is 0 Å². The van der Waals surface area contributed by atoms with Crippen LogP contribution in [0.1, 0.15) is 26.7 Å². The Kier molecular flexibility index (Phi) is 8.15. The monoisotopic (exact) mass is 232 g/mol. The van der Waals surface area contributed by atoms with Gasteiger partial charge in [-0.15, -0.1) is 0 Å². The van der Waals surface area contributed by atoms with Crippen LogP contribution in [0.25, 0.3) is 0 Å². The topological polar surface area (TPSA) is 70.6 Å². The molecule has 0 aromatic rings. The van der Waals surface area contributed by atoms with E-state index in [4.69, 9.17) is 9.84 Å². The molecule has 96 valence electrons. The third-order valence-electron chi connectivity index (χ3n) is 2.57. The predicted octanol–water partition coefficient (Wildman–Crippen LogP) is 0.455. The molecule has 0 aliphatic rings. The van der Waals surface area contributed by atoms with Gasteiger partial charge in [-0.05, 0) is 39.4 Å². The standard InChI is InChI=1S/C11H24N2O3/c1-4-12-7-5-8-13-11(2,10(14)15)6-9-16-3/h12-13H,4-9H2,1-3H3,(H,14,15). The van der Waals surface area contributed by atoms with Crippen molar-refractivity contribution in [3.05, 3.63) is 0 Å². The molecular weight excluding hydrogens is 208 g/mol. The normalized spacial score (nSPS) is 14.7. The first kappa shape index (κ1) is 15.3. The third-order valence-corrected chi connectivity index (χ3v) is 2.57. The van der Waals surface area contributed by atoms with Gasteiger partial charge >= 0.3 is 5.97 Å². The van der Waals surface area contributed by atoms with Gasteiger partial charge in [0.1, 0.15) is 5.54 Å². The van der Waals surface area contributed by atoms with Crippen LogP contribution in [0.2, 0.25) is 0 Å². The minimum Gasteiger partial charge on any atom is -0.480 e. The second-order valence-electron chi connectivity index (χ2n) is 4.01. The first-order valence-electron chi connectivity index (χ1n) is 5.75. The van der Waals surface area contributed by atoms with Gasteiger partial charge in [-0.25, -0.2) is 0 Å². The summed E-state index contributed by atoms with van der Waals surface area (Å²) in [5, 5.41) is 15.4. The van der Waals surface area contributed by atoms with E-state index >= 15 is 0 Å². The molecule has 0 saturated carbocycles. The van der Waals surface area contributed by atoms with Crippen molar-refractivity contribution in [2.75, 3.05) is 33.4 Å². The Morgan fingerprint density at radius 3 is 2.62 bits per heavy atom. The summed E-state index contributed by atoms with van der Waals surface area (Å²) in [6, 6.07) is 0. The number of nitrogens with one attached hydrogen (secondary N) is 2. The molecule has 0 amide bonds. The number of carboxylic acid groups (broad SMARTS) is 1. The second kappa shape index (κ2) is 8.50. The molecule has 1 atom stereocenters. The van der Waals surface area contributed by atoms with Crippen LogP contribution >= 0.6 is 0 Å². The van der Waals surface area contributed by atoms with Gasteiger partial charge in [0.05, 0.1) is 0 Å². The number of carboxylic acids is 1. The highest BCUT2D eigenvalue weighted by Crippen LogP contribution is 2.09. The fourth-order valence-corrected chi connectivity index (χ4v) is 1.33. The number of hydrogen-bond donors (Lipinski definition) is 3. The maximum absolute atomic E-state index is 11.1. The summed E-state index contributed by atoms with van der Waals surface area (Å²) in [6.07, 6.45) is 1.39. The van der Waals surface area contributed by atoms with Crippen LogP contribution in [0.3, 0.4) is 0 Å². The summed E-state index contributed by atoms with van der Waals surface area (Å²) in [5.41, 5.74) is -0.887. The molecule has 0 aliphatic heterocycles. The first-order chi connectivity index (χ1) is 7.56. The van der Waals surface area contributed by atoms with E-state index in [-0.39, 0.29) is 0 Å². The van der Waals surface area contributed by atoms with Crippen molar-refractivity contribution < 1.29 is 14.6 Å². The van der Waals surface area contributed by atoms with Crippen LogP contribution < -0.4 is 10.6 Å². The van der Waals surface area contributed by atoms with E-state index in [1.54, 1.807) is 14.0 Å². The minimum atomic E-state index is -0.887. The fraction of sp³-hybridized carbons (Fsp3) is 0.909. The molecule has 0 radical (unpaired) electrons. The number of methoxy groups -OCH3 is 1. The molecule has 0 fully saturated rings. The average Bonchev–Trinajstić information content (AvgIpc) is 2.26. The molecule has 0 rings (SSSR count). The molecule has 3 N–H and O–H groups in total.